The summed E-state index contributed by atoms with van der Waals surface area (Å²) < 4.78 is 0. The first-order valence-corrected chi connectivity index (χ1v) is 10.2. The molecule has 2 aliphatic heterocycles. The number of carbonyl (C=O) groups excluding carboxylic acids is 2. The monoisotopic (exact) mass is 371 g/mol. The van der Waals surface area contributed by atoms with E-state index in [0.29, 0.717) is 12.1 Å². The molecule has 2 fully saturated rings. The van der Waals surface area contributed by atoms with Gasteiger partial charge in [-0.15, -0.1) is 0 Å². The molecule has 1 aromatic carbocycles. The summed E-state index contributed by atoms with van der Waals surface area (Å²) in [6.45, 7) is 10.6. The van der Waals surface area contributed by atoms with E-state index in [-0.39, 0.29) is 23.8 Å². The lowest BCUT2D eigenvalue weighted by atomic mass is 9.94. The van der Waals surface area contributed by atoms with Gasteiger partial charge in [-0.3, -0.25) is 14.5 Å². The third-order valence-corrected chi connectivity index (χ3v) is 6.25. The third-order valence-electron chi connectivity index (χ3n) is 6.25. The summed E-state index contributed by atoms with van der Waals surface area (Å²) in [6, 6.07) is 7.35. The van der Waals surface area contributed by atoms with Gasteiger partial charge in [0.25, 0.3) is 0 Å². The zero-order chi connectivity index (χ0) is 19.7. The van der Waals surface area contributed by atoms with E-state index >= 15 is 0 Å². The number of hydrogen-bond donors (Lipinski definition) is 2. The Balaban J connectivity index is 1.65. The number of benzene rings is 1. The Kier molecular flexibility index (Phi) is 5.89. The van der Waals surface area contributed by atoms with Crippen LogP contribution in [-0.4, -0.2) is 40.9 Å². The van der Waals surface area contributed by atoms with Gasteiger partial charge in [-0.25, -0.2) is 0 Å². The number of carbonyl (C=O) groups is 2. The van der Waals surface area contributed by atoms with Crippen LogP contribution in [0.1, 0.15) is 56.7 Å². The lowest BCUT2D eigenvalue weighted by molar-refractivity contribution is -0.129. The fraction of sp³-hybridized carbons (Fsp3) is 0.636. The van der Waals surface area contributed by atoms with E-state index in [1.807, 2.05) is 13.8 Å². The second-order valence-corrected chi connectivity index (χ2v) is 8.66. The summed E-state index contributed by atoms with van der Waals surface area (Å²) in [5, 5.41) is 6.03. The molecule has 1 aromatic rings. The van der Waals surface area contributed by atoms with Gasteiger partial charge in [-0.05, 0) is 55.7 Å². The number of nitrogens with one attached hydrogen (secondary N) is 2. The van der Waals surface area contributed by atoms with Gasteiger partial charge in [0.05, 0.1) is 0 Å². The predicted octanol–water partition coefficient (Wildman–Crippen LogP) is 2.69. The second-order valence-electron chi connectivity index (χ2n) is 8.66. The summed E-state index contributed by atoms with van der Waals surface area (Å²) in [5.41, 5.74) is 4.00. The molecule has 0 radical (unpaired) electrons. The number of hydrogen-bond acceptors (Lipinski definition) is 3. The van der Waals surface area contributed by atoms with Gasteiger partial charge in [0, 0.05) is 31.6 Å². The molecule has 0 unspecified atom stereocenters. The SMILES string of the molecule is CC(=O)N[C@@H](C(=O)N[C@@H]1C[C@@H]2CC[C@H]1N2Cc1ccc(C)c(C)c1)C(C)C. The average molecular weight is 372 g/mol. The molecule has 3 rings (SSSR count). The maximum Gasteiger partial charge on any atom is 0.243 e. The van der Waals surface area contributed by atoms with E-state index in [2.05, 4.69) is 47.6 Å². The van der Waals surface area contributed by atoms with Gasteiger partial charge >= 0.3 is 0 Å². The standard InChI is InChI=1S/C22H33N3O2/c1-13(2)21(23-16(5)26)22(27)24-19-11-18-8-9-20(19)25(18)12-17-7-6-14(3)15(4)10-17/h6-7,10,13,18-21H,8-9,11-12H2,1-5H3,(H,23,26)(H,24,27)/t18-,19+,20+,21+/m0/s1. The Bertz CT molecular complexity index is 716. The van der Waals surface area contributed by atoms with Crippen LogP contribution >= 0.6 is 0 Å². The van der Waals surface area contributed by atoms with E-state index in [4.69, 9.17) is 0 Å². The highest BCUT2D eigenvalue weighted by molar-refractivity contribution is 5.87. The Morgan fingerprint density at radius 1 is 1.19 bits per heavy atom. The Morgan fingerprint density at radius 2 is 1.93 bits per heavy atom. The van der Waals surface area contributed by atoms with Crippen LogP contribution in [0.3, 0.4) is 0 Å². The average Bonchev–Trinajstić information content (AvgIpc) is 3.12. The molecular weight excluding hydrogens is 338 g/mol. The summed E-state index contributed by atoms with van der Waals surface area (Å²) in [6.07, 6.45) is 3.35. The van der Waals surface area contributed by atoms with Crippen LogP contribution in [0.4, 0.5) is 0 Å². The normalized spacial score (nSPS) is 25.6. The van der Waals surface area contributed by atoms with E-state index in [0.717, 1.165) is 19.4 Å². The van der Waals surface area contributed by atoms with Crippen molar-refractivity contribution in [1.29, 1.82) is 0 Å². The van der Waals surface area contributed by atoms with Crippen molar-refractivity contribution < 1.29 is 9.59 Å². The molecule has 2 saturated heterocycles. The minimum absolute atomic E-state index is 0.0520. The molecule has 2 amide bonds. The van der Waals surface area contributed by atoms with Crippen molar-refractivity contribution in [3.05, 3.63) is 34.9 Å². The van der Waals surface area contributed by atoms with E-state index in [1.165, 1.54) is 30.0 Å². The van der Waals surface area contributed by atoms with Gasteiger partial charge in [-0.1, -0.05) is 32.0 Å². The van der Waals surface area contributed by atoms with Gasteiger partial charge in [0.2, 0.25) is 11.8 Å². The lowest BCUT2D eigenvalue weighted by Crippen LogP contribution is -2.54. The first-order chi connectivity index (χ1) is 12.8. The van der Waals surface area contributed by atoms with Crippen LogP contribution in [0.5, 0.6) is 0 Å². The molecule has 5 heteroatoms. The zero-order valence-electron chi connectivity index (χ0n) is 17.2. The van der Waals surface area contributed by atoms with Crippen molar-refractivity contribution >= 4 is 11.8 Å². The minimum atomic E-state index is -0.463. The molecule has 2 N–H and O–H groups in total. The highest BCUT2D eigenvalue weighted by Gasteiger charge is 2.47. The Hall–Kier alpha value is -1.88. The van der Waals surface area contributed by atoms with Gasteiger partial charge < -0.3 is 10.6 Å². The van der Waals surface area contributed by atoms with Crippen LogP contribution in [0.2, 0.25) is 0 Å². The Morgan fingerprint density at radius 3 is 2.56 bits per heavy atom. The second kappa shape index (κ2) is 8.01. The molecule has 0 spiro atoms. The maximum absolute atomic E-state index is 12.8. The van der Waals surface area contributed by atoms with E-state index in [1.54, 1.807) is 0 Å². The molecule has 0 aromatic heterocycles. The molecular formula is C22H33N3O2. The predicted molar refractivity (Wildman–Crippen MR) is 107 cm³/mol. The van der Waals surface area contributed by atoms with Gasteiger partial charge in [-0.2, -0.15) is 0 Å². The quantitative estimate of drug-likeness (QED) is 0.808. The van der Waals surface area contributed by atoms with Crippen molar-refractivity contribution in [3.63, 3.8) is 0 Å². The van der Waals surface area contributed by atoms with Crippen molar-refractivity contribution in [1.82, 2.24) is 15.5 Å². The van der Waals surface area contributed by atoms with Crippen LogP contribution in [0.15, 0.2) is 18.2 Å². The zero-order valence-corrected chi connectivity index (χ0v) is 17.2. The lowest BCUT2D eigenvalue weighted by Gasteiger charge is -2.28. The molecule has 4 atom stereocenters. The summed E-state index contributed by atoms with van der Waals surface area (Å²) in [5.74, 6) is -0.142. The number of rotatable bonds is 6. The molecule has 2 aliphatic rings. The van der Waals surface area contributed by atoms with Crippen molar-refractivity contribution in [2.45, 2.75) is 84.6 Å². The fourth-order valence-corrected chi connectivity index (χ4v) is 4.64. The highest BCUT2D eigenvalue weighted by Crippen LogP contribution is 2.39. The van der Waals surface area contributed by atoms with E-state index in [9.17, 15) is 9.59 Å². The van der Waals surface area contributed by atoms with Crippen LogP contribution in [0.25, 0.3) is 0 Å². The molecule has 148 valence electrons. The third kappa shape index (κ3) is 4.34. The van der Waals surface area contributed by atoms with Crippen LogP contribution < -0.4 is 10.6 Å². The highest BCUT2D eigenvalue weighted by atomic mass is 16.2. The summed E-state index contributed by atoms with van der Waals surface area (Å²) >= 11 is 0. The summed E-state index contributed by atoms with van der Waals surface area (Å²) in [7, 11) is 0. The van der Waals surface area contributed by atoms with Gasteiger partial charge in [0.1, 0.15) is 6.04 Å². The smallest absolute Gasteiger partial charge is 0.243 e. The fourth-order valence-electron chi connectivity index (χ4n) is 4.64. The maximum atomic E-state index is 12.8. The van der Waals surface area contributed by atoms with E-state index < -0.39 is 6.04 Å². The van der Waals surface area contributed by atoms with Crippen molar-refractivity contribution in [3.8, 4) is 0 Å². The van der Waals surface area contributed by atoms with Crippen LogP contribution in [-0.2, 0) is 16.1 Å². The molecule has 2 heterocycles. The molecule has 0 saturated carbocycles. The molecule has 2 bridgehead atoms. The van der Waals surface area contributed by atoms with Gasteiger partial charge in [0.15, 0.2) is 0 Å². The van der Waals surface area contributed by atoms with Crippen LogP contribution in [0, 0.1) is 19.8 Å². The van der Waals surface area contributed by atoms with Crippen molar-refractivity contribution in [2.24, 2.45) is 5.92 Å². The topological polar surface area (TPSA) is 61.4 Å². The molecule has 27 heavy (non-hydrogen) atoms. The first-order valence-electron chi connectivity index (χ1n) is 10.2. The number of fused-ring (bicyclic) bond motifs is 2. The molecule has 5 nitrogen and oxygen atoms in total. The Labute approximate surface area is 162 Å². The summed E-state index contributed by atoms with van der Waals surface area (Å²) in [4.78, 5) is 26.8. The first kappa shape index (κ1) is 19.9. The number of aryl methyl sites for hydroxylation is 2. The largest absolute Gasteiger partial charge is 0.350 e. The molecule has 0 aliphatic carbocycles. The van der Waals surface area contributed by atoms with Crippen molar-refractivity contribution in [2.75, 3.05) is 0 Å². The number of amides is 2. The number of nitrogens with zero attached hydrogens (tertiary/aromatic N) is 1. The minimum Gasteiger partial charge on any atom is -0.350 e.